The Labute approximate surface area is 114 Å². The Balaban J connectivity index is 1.97. The molecular weight excluding hydrogens is 294 g/mol. The van der Waals surface area contributed by atoms with E-state index < -0.39 is 0 Å². The summed E-state index contributed by atoms with van der Waals surface area (Å²) < 4.78 is 6.57. The van der Waals surface area contributed by atoms with E-state index in [4.69, 9.17) is 4.74 Å². The number of halogens is 1. The van der Waals surface area contributed by atoms with Crippen molar-refractivity contribution in [2.24, 2.45) is 0 Å². The summed E-state index contributed by atoms with van der Waals surface area (Å²) in [5, 5.41) is 0. The van der Waals surface area contributed by atoms with Gasteiger partial charge in [0, 0.05) is 22.3 Å². The summed E-state index contributed by atoms with van der Waals surface area (Å²) in [7, 11) is 0. The van der Waals surface area contributed by atoms with Gasteiger partial charge in [0.1, 0.15) is 6.61 Å². The number of ketones is 1. The molecule has 0 radical (unpaired) electrons. The predicted octanol–water partition coefficient (Wildman–Crippen LogP) is 3.63. The van der Waals surface area contributed by atoms with Crippen molar-refractivity contribution in [3.63, 3.8) is 0 Å². The van der Waals surface area contributed by atoms with Crippen LogP contribution in [0.5, 0.6) is 5.88 Å². The molecule has 0 unspecified atom stereocenters. The molecule has 0 amide bonds. The Bertz CT molecular complexity index is 535. The minimum Gasteiger partial charge on any atom is -0.473 e. The molecule has 0 aliphatic heterocycles. The molecule has 0 bridgehead atoms. The lowest BCUT2D eigenvalue weighted by Crippen LogP contribution is -1.99. The third kappa shape index (κ3) is 3.40. The van der Waals surface area contributed by atoms with E-state index in [1.807, 2.05) is 24.3 Å². The molecule has 0 spiro atoms. The van der Waals surface area contributed by atoms with E-state index in [-0.39, 0.29) is 5.78 Å². The largest absolute Gasteiger partial charge is 0.473 e. The number of hydrogen-bond acceptors (Lipinski definition) is 3. The molecule has 1 aromatic heterocycles. The summed E-state index contributed by atoms with van der Waals surface area (Å²) in [4.78, 5) is 15.2. The zero-order valence-corrected chi connectivity index (χ0v) is 11.5. The van der Waals surface area contributed by atoms with Gasteiger partial charge in [0.2, 0.25) is 5.88 Å². The van der Waals surface area contributed by atoms with Gasteiger partial charge in [-0.25, -0.2) is 4.98 Å². The molecule has 0 aliphatic carbocycles. The highest BCUT2D eigenvalue weighted by molar-refractivity contribution is 9.10. The van der Waals surface area contributed by atoms with Crippen LogP contribution in [0.4, 0.5) is 0 Å². The van der Waals surface area contributed by atoms with Gasteiger partial charge < -0.3 is 4.74 Å². The quantitative estimate of drug-likeness (QED) is 0.810. The van der Waals surface area contributed by atoms with Crippen molar-refractivity contribution in [1.82, 2.24) is 4.98 Å². The van der Waals surface area contributed by atoms with Gasteiger partial charge in [0.15, 0.2) is 5.78 Å². The third-order valence-corrected chi connectivity index (χ3v) is 2.97. The second kappa shape index (κ2) is 5.78. The van der Waals surface area contributed by atoms with Crippen molar-refractivity contribution >= 4 is 21.7 Å². The lowest BCUT2D eigenvalue weighted by Gasteiger charge is -2.05. The Morgan fingerprint density at radius 3 is 2.50 bits per heavy atom. The zero-order chi connectivity index (χ0) is 13.0. The number of nitrogens with zero attached hydrogens (tertiary/aromatic N) is 1. The van der Waals surface area contributed by atoms with Crippen molar-refractivity contribution in [3.05, 3.63) is 58.2 Å². The summed E-state index contributed by atoms with van der Waals surface area (Å²) in [6.45, 7) is 1.97. The fraction of sp³-hybridized carbons (Fsp3) is 0.143. The predicted molar refractivity (Wildman–Crippen MR) is 72.7 cm³/mol. The monoisotopic (exact) mass is 305 g/mol. The first-order valence-corrected chi connectivity index (χ1v) is 6.28. The summed E-state index contributed by atoms with van der Waals surface area (Å²) in [5.74, 6) is 0.518. The molecule has 18 heavy (non-hydrogen) atoms. The smallest absolute Gasteiger partial charge is 0.213 e. The van der Waals surface area contributed by atoms with Crippen LogP contribution >= 0.6 is 15.9 Å². The van der Waals surface area contributed by atoms with Gasteiger partial charge in [-0.1, -0.05) is 28.1 Å². The lowest BCUT2D eigenvalue weighted by molar-refractivity contribution is 0.101. The number of rotatable bonds is 4. The topological polar surface area (TPSA) is 39.2 Å². The number of carbonyl (C=O) groups excluding carboxylic acids is 1. The van der Waals surface area contributed by atoms with Gasteiger partial charge in [0.25, 0.3) is 0 Å². The van der Waals surface area contributed by atoms with E-state index in [2.05, 4.69) is 20.9 Å². The molecular formula is C14H12BrNO2. The first-order chi connectivity index (χ1) is 8.65. The van der Waals surface area contributed by atoms with Gasteiger partial charge in [-0.05, 0) is 30.7 Å². The van der Waals surface area contributed by atoms with Crippen LogP contribution in [0.3, 0.4) is 0 Å². The molecule has 0 N–H and O–H groups in total. The molecule has 0 aliphatic rings. The minimum atomic E-state index is 0.00181. The highest BCUT2D eigenvalue weighted by Crippen LogP contribution is 2.13. The number of hydrogen-bond donors (Lipinski definition) is 0. The highest BCUT2D eigenvalue weighted by atomic mass is 79.9. The Kier molecular flexibility index (Phi) is 4.10. The molecule has 0 fully saturated rings. The maximum atomic E-state index is 11.1. The Hall–Kier alpha value is -1.68. The molecule has 4 heteroatoms. The summed E-state index contributed by atoms with van der Waals surface area (Å²) >= 11 is 3.38. The van der Waals surface area contributed by atoms with Crippen molar-refractivity contribution in [2.75, 3.05) is 0 Å². The van der Waals surface area contributed by atoms with E-state index in [1.165, 1.54) is 13.1 Å². The van der Waals surface area contributed by atoms with Crippen LogP contribution in [-0.2, 0) is 6.61 Å². The van der Waals surface area contributed by atoms with Crippen molar-refractivity contribution < 1.29 is 9.53 Å². The van der Waals surface area contributed by atoms with E-state index >= 15 is 0 Å². The Morgan fingerprint density at radius 2 is 1.94 bits per heavy atom. The van der Waals surface area contributed by atoms with Crippen LogP contribution in [0, 0.1) is 0 Å². The number of benzene rings is 1. The lowest BCUT2D eigenvalue weighted by atomic mass is 10.2. The van der Waals surface area contributed by atoms with Gasteiger partial charge in [-0.15, -0.1) is 0 Å². The Morgan fingerprint density at radius 1 is 1.22 bits per heavy atom. The molecule has 1 heterocycles. The van der Waals surface area contributed by atoms with Crippen LogP contribution in [0.1, 0.15) is 22.8 Å². The maximum absolute atomic E-state index is 11.1. The SMILES string of the molecule is CC(=O)c1ccc(OCc2ccc(Br)cc2)nc1. The maximum Gasteiger partial charge on any atom is 0.213 e. The number of aromatic nitrogens is 1. The van der Waals surface area contributed by atoms with Crippen LogP contribution in [0.15, 0.2) is 47.1 Å². The van der Waals surface area contributed by atoms with E-state index in [9.17, 15) is 4.79 Å². The van der Waals surface area contributed by atoms with Crippen LogP contribution in [0.2, 0.25) is 0 Å². The highest BCUT2D eigenvalue weighted by Gasteiger charge is 2.01. The fourth-order valence-electron chi connectivity index (χ4n) is 1.41. The zero-order valence-electron chi connectivity index (χ0n) is 9.89. The van der Waals surface area contributed by atoms with E-state index in [0.717, 1.165) is 10.0 Å². The van der Waals surface area contributed by atoms with Crippen LogP contribution in [0.25, 0.3) is 0 Å². The third-order valence-electron chi connectivity index (χ3n) is 2.44. The number of carbonyl (C=O) groups is 1. The molecule has 2 aromatic rings. The molecule has 0 saturated carbocycles. The average molecular weight is 306 g/mol. The molecule has 2 rings (SSSR count). The van der Waals surface area contributed by atoms with Gasteiger partial charge >= 0.3 is 0 Å². The first-order valence-electron chi connectivity index (χ1n) is 5.49. The van der Waals surface area contributed by atoms with Gasteiger partial charge in [-0.3, -0.25) is 4.79 Å². The normalized spacial score (nSPS) is 10.1. The molecule has 0 saturated heterocycles. The molecule has 3 nitrogen and oxygen atoms in total. The molecule has 1 aromatic carbocycles. The van der Waals surface area contributed by atoms with Crippen molar-refractivity contribution in [2.45, 2.75) is 13.5 Å². The standard InChI is InChI=1S/C14H12BrNO2/c1-10(17)12-4-7-14(16-8-12)18-9-11-2-5-13(15)6-3-11/h2-8H,9H2,1H3. The number of Topliss-reactive ketones (excluding diaryl/α,β-unsaturated/α-hetero) is 1. The number of pyridine rings is 1. The number of ether oxygens (including phenoxy) is 1. The first kappa shape index (κ1) is 12.8. The fourth-order valence-corrected chi connectivity index (χ4v) is 1.68. The van der Waals surface area contributed by atoms with Crippen LogP contribution < -0.4 is 4.74 Å². The summed E-state index contributed by atoms with van der Waals surface area (Å²) in [5.41, 5.74) is 1.65. The molecule has 92 valence electrons. The van der Waals surface area contributed by atoms with Gasteiger partial charge in [0.05, 0.1) is 0 Å². The average Bonchev–Trinajstić information content (AvgIpc) is 2.38. The molecule has 0 atom stereocenters. The summed E-state index contributed by atoms with van der Waals surface area (Å²) in [6.07, 6.45) is 1.53. The van der Waals surface area contributed by atoms with E-state index in [0.29, 0.717) is 18.1 Å². The van der Waals surface area contributed by atoms with E-state index in [1.54, 1.807) is 12.1 Å². The second-order valence-electron chi connectivity index (χ2n) is 3.86. The van der Waals surface area contributed by atoms with Crippen molar-refractivity contribution in [3.8, 4) is 5.88 Å². The van der Waals surface area contributed by atoms with Crippen LogP contribution in [-0.4, -0.2) is 10.8 Å². The van der Waals surface area contributed by atoms with Crippen molar-refractivity contribution in [1.29, 1.82) is 0 Å². The minimum absolute atomic E-state index is 0.00181. The van der Waals surface area contributed by atoms with Gasteiger partial charge in [-0.2, -0.15) is 0 Å². The second-order valence-corrected chi connectivity index (χ2v) is 4.77. The summed E-state index contributed by atoms with van der Waals surface area (Å²) in [6, 6.07) is 11.3.